The van der Waals surface area contributed by atoms with E-state index in [2.05, 4.69) is 53.8 Å². The predicted octanol–water partition coefficient (Wildman–Crippen LogP) is 3.90. The van der Waals surface area contributed by atoms with Gasteiger partial charge < -0.3 is 10.4 Å². The highest BCUT2D eigenvalue weighted by atomic mass is 16.2. The molecule has 3 rings (SSSR count). The fourth-order valence-corrected chi connectivity index (χ4v) is 3.21. The van der Waals surface area contributed by atoms with Crippen LogP contribution in [0.1, 0.15) is 42.9 Å². The minimum absolute atomic E-state index is 0.316. The molecule has 0 fully saturated rings. The highest BCUT2D eigenvalue weighted by molar-refractivity contribution is 5.78. The van der Waals surface area contributed by atoms with E-state index in [1.54, 1.807) is 0 Å². The molecule has 2 nitrogen and oxygen atoms in total. The summed E-state index contributed by atoms with van der Waals surface area (Å²) >= 11 is 0. The van der Waals surface area contributed by atoms with Crippen LogP contribution in [0.3, 0.4) is 0 Å². The van der Waals surface area contributed by atoms with Crippen LogP contribution >= 0.6 is 0 Å². The van der Waals surface area contributed by atoms with Crippen LogP contribution in [-0.2, 0) is 0 Å². The third-order valence-electron chi connectivity index (χ3n) is 4.27. The Kier molecular flexibility index (Phi) is 4.69. The van der Waals surface area contributed by atoms with Crippen LogP contribution in [0.25, 0.3) is 11.1 Å². The normalized spacial score (nSPS) is 13.2. The van der Waals surface area contributed by atoms with Gasteiger partial charge in [0.1, 0.15) is 0 Å². The summed E-state index contributed by atoms with van der Waals surface area (Å²) in [6.07, 6.45) is 4.40. The molecular weight excluding hydrogens is 258 g/mol. The Labute approximate surface area is 126 Å². The van der Waals surface area contributed by atoms with Gasteiger partial charge in [-0.15, -0.1) is 0 Å². The molecule has 21 heavy (non-hydrogen) atoms. The number of benzene rings is 2. The Hall–Kier alpha value is -1.64. The molecule has 0 saturated carbocycles. The van der Waals surface area contributed by atoms with Gasteiger partial charge in [0.15, 0.2) is 0 Å². The summed E-state index contributed by atoms with van der Waals surface area (Å²) in [6.45, 7) is 1.34. The molecule has 0 unspecified atom stereocenters. The van der Waals surface area contributed by atoms with Crippen LogP contribution in [0.4, 0.5) is 0 Å². The van der Waals surface area contributed by atoms with E-state index in [1.807, 2.05) is 0 Å². The van der Waals surface area contributed by atoms with Crippen LogP contribution in [0.5, 0.6) is 0 Å². The smallest absolute Gasteiger partial charge is 0.0588 e. The van der Waals surface area contributed by atoms with Crippen molar-refractivity contribution in [3.63, 3.8) is 0 Å². The van der Waals surface area contributed by atoms with E-state index in [0.717, 1.165) is 19.4 Å². The number of hydrogen-bond donors (Lipinski definition) is 2. The van der Waals surface area contributed by atoms with Gasteiger partial charge in [0.2, 0.25) is 0 Å². The van der Waals surface area contributed by atoms with Crippen molar-refractivity contribution in [3.05, 3.63) is 59.7 Å². The van der Waals surface area contributed by atoms with Gasteiger partial charge >= 0.3 is 0 Å². The van der Waals surface area contributed by atoms with Crippen molar-refractivity contribution in [2.24, 2.45) is 0 Å². The van der Waals surface area contributed by atoms with Gasteiger partial charge in [-0.1, -0.05) is 61.4 Å². The molecule has 0 aromatic heterocycles. The summed E-state index contributed by atoms with van der Waals surface area (Å²) in [7, 11) is 0. The molecule has 0 bridgehead atoms. The lowest BCUT2D eigenvalue weighted by molar-refractivity contribution is 0.282. The van der Waals surface area contributed by atoms with Gasteiger partial charge in [0.25, 0.3) is 0 Å². The molecule has 2 N–H and O–H groups in total. The summed E-state index contributed by atoms with van der Waals surface area (Å²) < 4.78 is 0. The second-order valence-corrected chi connectivity index (χ2v) is 5.70. The molecule has 2 aromatic carbocycles. The summed E-state index contributed by atoms with van der Waals surface area (Å²) in [5.41, 5.74) is 5.53. The van der Waals surface area contributed by atoms with Crippen molar-refractivity contribution >= 4 is 0 Å². The largest absolute Gasteiger partial charge is 0.396 e. The molecule has 2 heteroatoms. The first-order valence-corrected chi connectivity index (χ1v) is 7.94. The number of nitrogens with one attached hydrogen (secondary N) is 1. The Morgan fingerprint density at radius 2 is 1.33 bits per heavy atom. The minimum Gasteiger partial charge on any atom is -0.396 e. The molecule has 2 aromatic rings. The Bertz CT molecular complexity index is 548. The van der Waals surface area contributed by atoms with E-state index in [0.29, 0.717) is 12.6 Å². The van der Waals surface area contributed by atoms with E-state index in [9.17, 15) is 0 Å². The van der Waals surface area contributed by atoms with Crippen LogP contribution < -0.4 is 5.32 Å². The Morgan fingerprint density at radius 1 is 0.762 bits per heavy atom. The predicted molar refractivity (Wildman–Crippen MR) is 87.3 cm³/mol. The molecule has 0 saturated heterocycles. The van der Waals surface area contributed by atoms with Crippen molar-refractivity contribution in [1.82, 2.24) is 5.32 Å². The first-order chi connectivity index (χ1) is 10.4. The maximum absolute atomic E-state index is 8.80. The minimum atomic E-state index is 0.316. The molecular formula is C19H23NO. The van der Waals surface area contributed by atoms with Gasteiger partial charge in [0, 0.05) is 6.61 Å². The quantitative estimate of drug-likeness (QED) is 0.754. The van der Waals surface area contributed by atoms with Crippen LogP contribution in [0, 0.1) is 0 Å². The fourth-order valence-electron chi connectivity index (χ4n) is 3.21. The lowest BCUT2D eigenvalue weighted by Crippen LogP contribution is -2.21. The molecule has 0 radical (unpaired) electrons. The van der Waals surface area contributed by atoms with Crippen molar-refractivity contribution < 1.29 is 5.11 Å². The van der Waals surface area contributed by atoms with E-state index in [1.165, 1.54) is 35.1 Å². The molecule has 0 atom stereocenters. The zero-order valence-corrected chi connectivity index (χ0v) is 12.4. The van der Waals surface area contributed by atoms with Gasteiger partial charge in [-0.3, -0.25) is 0 Å². The van der Waals surface area contributed by atoms with Gasteiger partial charge in [0.05, 0.1) is 6.04 Å². The SMILES string of the molecule is OCCCCCCNC1c2ccccc2-c2ccccc21. The second-order valence-electron chi connectivity index (χ2n) is 5.70. The Balaban J connectivity index is 1.68. The first kappa shape index (κ1) is 14.3. The molecule has 1 aliphatic carbocycles. The maximum atomic E-state index is 8.80. The number of rotatable bonds is 7. The zero-order chi connectivity index (χ0) is 14.5. The average Bonchev–Trinajstić information content (AvgIpc) is 2.85. The topological polar surface area (TPSA) is 32.3 Å². The van der Waals surface area contributed by atoms with E-state index >= 15 is 0 Å². The van der Waals surface area contributed by atoms with E-state index in [4.69, 9.17) is 5.11 Å². The van der Waals surface area contributed by atoms with Crippen LogP contribution in [0.15, 0.2) is 48.5 Å². The average molecular weight is 281 g/mol. The van der Waals surface area contributed by atoms with Gasteiger partial charge in [-0.25, -0.2) is 0 Å². The van der Waals surface area contributed by atoms with Gasteiger partial charge in [-0.05, 0) is 41.6 Å². The number of fused-ring (bicyclic) bond motifs is 3. The van der Waals surface area contributed by atoms with Crippen molar-refractivity contribution in [3.8, 4) is 11.1 Å². The molecule has 0 spiro atoms. The highest BCUT2D eigenvalue weighted by Gasteiger charge is 2.26. The lowest BCUT2D eigenvalue weighted by Gasteiger charge is -2.15. The first-order valence-electron chi connectivity index (χ1n) is 7.94. The standard InChI is InChI=1S/C19H23NO/c21-14-8-2-1-7-13-20-19-17-11-5-3-9-15(17)16-10-4-6-12-18(16)19/h3-6,9-12,19-21H,1-2,7-8,13-14H2. The van der Waals surface area contributed by atoms with E-state index < -0.39 is 0 Å². The van der Waals surface area contributed by atoms with Crippen LogP contribution in [0.2, 0.25) is 0 Å². The van der Waals surface area contributed by atoms with E-state index in [-0.39, 0.29) is 0 Å². The zero-order valence-electron chi connectivity index (χ0n) is 12.4. The van der Waals surface area contributed by atoms with Crippen molar-refractivity contribution in [1.29, 1.82) is 0 Å². The van der Waals surface area contributed by atoms with Crippen LogP contribution in [-0.4, -0.2) is 18.3 Å². The maximum Gasteiger partial charge on any atom is 0.0588 e. The highest BCUT2D eigenvalue weighted by Crippen LogP contribution is 2.42. The summed E-state index contributed by atoms with van der Waals surface area (Å²) in [5, 5.41) is 12.5. The van der Waals surface area contributed by atoms with Gasteiger partial charge in [-0.2, -0.15) is 0 Å². The lowest BCUT2D eigenvalue weighted by atomic mass is 10.1. The molecule has 0 amide bonds. The molecule has 0 heterocycles. The summed E-state index contributed by atoms with van der Waals surface area (Å²) in [6, 6.07) is 17.7. The molecule has 1 aliphatic rings. The molecule has 110 valence electrons. The fraction of sp³-hybridized carbons (Fsp3) is 0.368. The van der Waals surface area contributed by atoms with Crippen molar-refractivity contribution in [2.45, 2.75) is 31.7 Å². The second kappa shape index (κ2) is 6.88. The Morgan fingerprint density at radius 3 is 1.95 bits per heavy atom. The number of aliphatic hydroxyl groups excluding tert-OH is 1. The number of unbranched alkanes of at least 4 members (excludes halogenated alkanes) is 3. The number of hydrogen-bond acceptors (Lipinski definition) is 2. The summed E-state index contributed by atoms with van der Waals surface area (Å²) in [4.78, 5) is 0. The monoisotopic (exact) mass is 281 g/mol. The molecule has 0 aliphatic heterocycles. The third kappa shape index (κ3) is 3.02. The summed E-state index contributed by atoms with van der Waals surface area (Å²) in [5.74, 6) is 0. The number of aliphatic hydroxyl groups is 1. The van der Waals surface area contributed by atoms with Crippen molar-refractivity contribution in [2.75, 3.05) is 13.2 Å². The third-order valence-corrected chi connectivity index (χ3v) is 4.27.